The van der Waals surface area contributed by atoms with Crippen molar-refractivity contribution in [2.45, 2.75) is 12.8 Å². The van der Waals surface area contributed by atoms with Crippen molar-refractivity contribution >= 4 is 33.4 Å². The molecule has 0 spiro atoms. The Bertz CT molecular complexity index is 282. The van der Waals surface area contributed by atoms with Crippen LogP contribution in [0.15, 0.2) is 12.7 Å². The largest absolute Gasteiger partial charge is 0.463 e. The molecule has 0 saturated heterocycles. The number of hydrogen-bond donors (Lipinski definition) is 0. The Labute approximate surface area is 95.2 Å². The van der Waals surface area contributed by atoms with Gasteiger partial charge in [-0.25, -0.2) is 9.00 Å². The minimum absolute atomic E-state index is 0.261. The Balaban J connectivity index is 3.42. The van der Waals surface area contributed by atoms with E-state index in [0.29, 0.717) is 35.6 Å². The van der Waals surface area contributed by atoms with Crippen LogP contribution in [0.3, 0.4) is 0 Å². The predicted octanol–water partition coefficient (Wildman–Crippen LogP) is 0.260. The maximum absolute atomic E-state index is 11.3. The molecule has 4 nitrogen and oxygen atoms in total. The number of carbonyl (C=O) groups is 1. The standard InChI is InChI=1S/C9H14O4S2/c1-2-9(10)13-5-3-7-15(12)8-4-6-14-11/h2,6H,1,3-5,7-8H2. The van der Waals surface area contributed by atoms with Crippen LogP contribution in [0.1, 0.15) is 12.8 Å². The number of ether oxygens (including phenoxy) is 1. The normalized spacial score (nSPS) is 11.5. The van der Waals surface area contributed by atoms with E-state index in [-0.39, 0.29) is 6.61 Å². The minimum atomic E-state index is -0.939. The highest BCUT2D eigenvalue weighted by Crippen LogP contribution is 1.92. The van der Waals surface area contributed by atoms with E-state index in [9.17, 15) is 13.2 Å². The first-order chi connectivity index (χ1) is 7.20. The van der Waals surface area contributed by atoms with Crippen molar-refractivity contribution in [1.82, 2.24) is 0 Å². The van der Waals surface area contributed by atoms with Gasteiger partial charge in [0.2, 0.25) is 0 Å². The Morgan fingerprint density at radius 1 is 1.47 bits per heavy atom. The summed E-state index contributed by atoms with van der Waals surface area (Å²) in [5, 5.41) is 1.48. The molecule has 1 atom stereocenters. The molecule has 86 valence electrons. The molecule has 0 aliphatic heterocycles. The molecule has 0 N–H and O–H groups in total. The lowest BCUT2D eigenvalue weighted by Gasteiger charge is -2.01. The van der Waals surface area contributed by atoms with E-state index in [2.05, 4.69) is 6.58 Å². The quantitative estimate of drug-likeness (QED) is 0.268. The van der Waals surface area contributed by atoms with Gasteiger partial charge in [0.15, 0.2) is 0 Å². The van der Waals surface area contributed by atoms with Crippen LogP contribution in [0.4, 0.5) is 0 Å². The van der Waals surface area contributed by atoms with E-state index in [1.165, 1.54) is 5.37 Å². The lowest BCUT2D eigenvalue weighted by molar-refractivity contribution is -0.137. The van der Waals surface area contributed by atoms with Crippen LogP contribution in [-0.2, 0) is 31.6 Å². The maximum atomic E-state index is 11.3. The highest BCUT2D eigenvalue weighted by atomic mass is 32.2. The summed E-state index contributed by atoms with van der Waals surface area (Å²) in [6.07, 6.45) is 2.21. The molecular weight excluding hydrogens is 236 g/mol. The van der Waals surface area contributed by atoms with Crippen LogP contribution < -0.4 is 0 Å². The number of hydrogen-bond acceptors (Lipinski definition) is 4. The van der Waals surface area contributed by atoms with Gasteiger partial charge >= 0.3 is 5.97 Å². The second-order valence-corrected chi connectivity index (χ2v) is 4.85. The van der Waals surface area contributed by atoms with Crippen molar-refractivity contribution in [2.75, 3.05) is 18.1 Å². The van der Waals surface area contributed by atoms with E-state index < -0.39 is 16.8 Å². The zero-order valence-electron chi connectivity index (χ0n) is 8.35. The van der Waals surface area contributed by atoms with Gasteiger partial charge in [-0.15, -0.1) is 0 Å². The third kappa shape index (κ3) is 9.55. The monoisotopic (exact) mass is 250 g/mol. The van der Waals surface area contributed by atoms with E-state index in [1.807, 2.05) is 0 Å². The summed E-state index contributed by atoms with van der Waals surface area (Å²) in [4.78, 5) is 10.6. The van der Waals surface area contributed by atoms with Gasteiger partial charge in [0.1, 0.15) is 0 Å². The highest BCUT2D eigenvalue weighted by molar-refractivity contribution is 7.85. The highest BCUT2D eigenvalue weighted by Gasteiger charge is 2.00. The third-order valence-corrected chi connectivity index (χ3v) is 3.27. The average molecular weight is 250 g/mol. The zero-order valence-corrected chi connectivity index (χ0v) is 9.98. The smallest absolute Gasteiger partial charge is 0.330 e. The number of carbonyl (C=O) groups excluding carboxylic acids is 1. The summed E-state index contributed by atoms with van der Waals surface area (Å²) in [6, 6.07) is 0. The van der Waals surface area contributed by atoms with E-state index in [4.69, 9.17) is 4.74 Å². The molecule has 15 heavy (non-hydrogen) atoms. The molecule has 0 aliphatic carbocycles. The van der Waals surface area contributed by atoms with Gasteiger partial charge < -0.3 is 4.74 Å². The lowest BCUT2D eigenvalue weighted by atomic mass is 10.5. The summed E-state index contributed by atoms with van der Waals surface area (Å²) in [6.45, 7) is 3.51. The van der Waals surface area contributed by atoms with E-state index in [0.717, 1.165) is 6.08 Å². The lowest BCUT2D eigenvalue weighted by Crippen LogP contribution is -2.08. The summed E-state index contributed by atoms with van der Waals surface area (Å²) in [5.74, 6) is 0.517. The topological polar surface area (TPSA) is 60.4 Å². The van der Waals surface area contributed by atoms with Gasteiger partial charge in [-0.2, -0.15) is 0 Å². The van der Waals surface area contributed by atoms with Crippen molar-refractivity contribution in [3.63, 3.8) is 0 Å². The van der Waals surface area contributed by atoms with Gasteiger partial charge in [0.25, 0.3) is 0 Å². The van der Waals surface area contributed by atoms with Crippen molar-refractivity contribution in [3.8, 4) is 0 Å². The van der Waals surface area contributed by atoms with Crippen molar-refractivity contribution in [1.29, 1.82) is 0 Å². The van der Waals surface area contributed by atoms with Crippen LogP contribution >= 0.6 is 0 Å². The molecule has 1 unspecified atom stereocenters. The summed E-state index contributed by atoms with van der Waals surface area (Å²) in [5.41, 5.74) is 0. The van der Waals surface area contributed by atoms with Gasteiger partial charge in [-0.05, 0) is 12.8 Å². The van der Waals surface area contributed by atoms with Crippen molar-refractivity contribution in [2.24, 2.45) is 0 Å². The molecule has 0 aromatic rings. The third-order valence-electron chi connectivity index (χ3n) is 1.46. The van der Waals surface area contributed by atoms with Crippen LogP contribution in [0.5, 0.6) is 0 Å². The zero-order chi connectivity index (χ0) is 11.5. The minimum Gasteiger partial charge on any atom is -0.463 e. The molecular formula is C9H14O4S2. The summed E-state index contributed by atoms with van der Waals surface area (Å²) < 4.78 is 25.9. The Morgan fingerprint density at radius 3 is 2.80 bits per heavy atom. The first-order valence-electron chi connectivity index (χ1n) is 4.45. The fraction of sp³-hybridized carbons (Fsp3) is 0.556. The molecule has 0 bridgehead atoms. The molecule has 0 radical (unpaired) electrons. The van der Waals surface area contributed by atoms with Gasteiger partial charge in [-0.1, -0.05) is 6.58 Å². The molecule has 0 saturated carbocycles. The second-order valence-electron chi connectivity index (χ2n) is 2.62. The molecule has 0 fully saturated rings. The van der Waals surface area contributed by atoms with E-state index >= 15 is 0 Å². The molecule has 0 aliphatic rings. The molecule has 0 aromatic carbocycles. The SMILES string of the molecule is C=CC(=O)OCCCS(=O)CCC=S=O. The van der Waals surface area contributed by atoms with Crippen LogP contribution in [-0.4, -0.2) is 37.9 Å². The van der Waals surface area contributed by atoms with Crippen LogP contribution in [0.2, 0.25) is 0 Å². The Kier molecular flexibility index (Phi) is 9.30. The molecule has 0 heterocycles. The number of rotatable bonds is 8. The van der Waals surface area contributed by atoms with Crippen molar-refractivity contribution < 1.29 is 17.9 Å². The Hall–Kier alpha value is -0.750. The molecule has 0 rings (SSSR count). The molecule has 0 amide bonds. The number of esters is 1. The predicted molar refractivity (Wildman–Crippen MR) is 62.5 cm³/mol. The maximum Gasteiger partial charge on any atom is 0.330 e. The fourth-order valence-corrected chi connectivity index (χ4v) is 2.17. The summed E-state index contributed by atoms with van der Waals surface area (Å²) in [7, 11) is -0.939. The van der Waals surface area contributed by atoms with Gasteiger partial charge in [0, 0.05) is 33.7 Å². The van der Waals surface area contributed by atoms with Crippen LogP contribution in [0.25, 0.3) is 0 Å². The van der Waals surface area contributed by atoms with Crippen LogP contribution in [0, 0.1) is 0 Å². The van der Waals surface area contributed by atoms with Gasteiger partial charge in [-0.3, -0.25) is 4.21 Å². The second kappa shape index (κ2) is 9.79. The average Bonchev–Trinajstić information content (AvgIpc) is 2.24. The first kappa shape index (κ1) is 14.2. The van der Waals surface area contributed by atoms with Gasteiger partial charge in [0.05, 0.1) is 17.9 Å². The fourth-order valence-electron chi connectivity index (χ4n) is 0.781. The molecule has 0 aromatic heterocycles. The first-order valence-corrected chi connectivity index (χ1v) is 6.74. The Morgan fingerprint density at radius 2 is 2.20 bits per heavy atom. The summed E-state index contributed by atoms with van der Waals surface area (Å²) >= 11 is 0.389. The molecule has 6 heteroatoms. The van der Waals surface area contributed by atoms with Crippen molar-refractivity contribution in [3.05, 3.63) is 12.7 Å². The van der Waals surface area contributed by atoms with E-state index in [1.54, 1.807) is 0 Å².